The second kappa shape index (κ2) is 5.02. The Hall–Kier alpha value is -3.48. The Labute approximate surface area is 134 Å². The quantitative estimate of drug-likeness (QED) is 0.695. The number of benzene rings is 2. The fourth-order valence-corrected chi connectivity index (χ4v) is 2.55. The van der Waals surface area contributed by atoms with Gasteiger partial charge in [0.05, 0.1) is 5.56 Å². The van der Waals surface area contributed by atoms with Gasteiger partial charge in [-0.2, -0.15) is 0 Å². The van der Waals surface area contributed by atoms with E-state index in [1.165, 1.54) is 30.3 Å². The van der Waals surface area contributed by atoms with Gasteiger partial charge in [0.2, 0.25) is 12.6 Å². The molecule has 2 heterocycles. The van der Waals surface area contributed by atoms with Gasteiger partial charge in [0.25, 0.3) is 0 Å². The summed E-state index contributed by atoms with van der Waals surface area (Å²) in [5.74, 6) is -0.847. The van der Waals surface area contributed by atoms with Crippen molar-refractivity contribution >= 4 is 16.8 Å². The first kappa shape index (κ1) is 14.1. The van der Waals surface area contributed by atoms with E-state index in [0.29, 0.717) is 11.5 Å². The third-order valence-corrected chi connectivity index (χ3v) is 3.69. The average molecular weight is 326 g/mol. The Kier molecular flexibility index (Phi) is 2.96. The van der Waals surface area contributed by atoms with Crippen molar-refractivity contribution in [2.24, 2.45) is 0 Å². The molecular formula is C17H10O7. The zero-order chi connectivity index (χ0) is 16.8. The number of hydrogen-bond acceptors (Lipinski definition) is 7. The molecule has 0 aliphatic carbocycles. The van der Waals surface area contributed by atoms with Crippen LogP contribution in [0.25, 0.3) is 11.0 Å². The predicted molar refractivity (Wildman–Crippen MR) is 81.8 cm³/mol. The molecule has 0 amide bonds. The third kappa shape index (κ3) is 2.06. The van der Waals surface area contributed by atoms with E-state index in [-0.39, 0.29) is 40.6 Å². The van der Waals surface area contributed by atoms with Crippen molar-refractivity contribution in [3.63, 3.8) is 0 Å². The summed E-state index contributed by atoms with van der Waals surface area (Å²) in [6, 6.07) is 7.88. The molecule has 0 unspecified atom stereocenters. The molecule has 0 fully saturated rings. The highest BCUT2D eigenvalue weighted by Gasteiger charge is 2.24. The first-order valence-electron chi connectivity index (χ1n) is 6.98. The maximum atomic E-state index is 12.6. The summed E-state index contributed by atoms with van der Waals surface area (Å²) in [4.78, 5) is 24.7. The van der Waals surface area contributed by atoms with Gasteiger partial charge in [0.15, 0.2) is 22.7 Å². The molecule has 0 atom stereocenters. The molecule has 3 aromatic rings. The van der Waals surface area contributed by atoms with Crippen molar-refractivity contribution in [2.75, 3.05) is 6.79 Å². The van der Waals surface area contributed by atoms with Gasteiger partial charge >= 0.3 is 0 Å². The SMILES string of the molecule is O=C(c1cc(=O)c2c(O)cccc2o1)c1cc2c(cc1O)OCO2. The molecule has 120 valence electrons. The molecule has 1 aliphatic heterocycles. The lowest BCUT2D eigenvalue weighted by atomic mass is 10.1. The zero-order valence-electron chi connectivity index (χ0n) is 12.1. The summed E-state index contributed by atoms with van der Waals surface area (Å²) >= 11 is 0. The number of aromatic hydroxyl groups is 2. The van der Waals surface area contributed by atoms with E-state index in [4.69, 9.17) is 13.9 Å². The molecule has 1 aromatic heterocycles. The Morgan fingerprint density at radius 3 is 2.54 bits per heavy atom. The summed E-state index contributed by atoms with van der Waals surface area (Å²) in [6.45, 7) is -0.00322. The second-order valence-electron chi connectivity index (χ2n) is 5.18. The average Bonchev–Trinajstić information content (AvgIpc) is 3.00. The standard InChI is InChI=1S/C17H10O7/c18-9-2-1-3-12-16(9)11(20)6-15(24-12)17(21)8-4-13-14(5-10(8)19)23-7-22-13/h1-6,18-19H,7H2. The minimum Gasteiger partial charge on any atom is -0.507 e. The summed E-state index contributed by atoms with van der Waals surface area (Å²) in [5.41, 5.74) is -0.564. The number of hydrogen-bond donors (Lipinski definition) is 2. The summed E-state index contributed by atoms with van der Waals surface area (Å²) in [6.07, 6.45) is 0. The number of fused-ring (bicyclic) bond motifs is 2. The molecule has 4 rings (SSSR count). The van der Waals surface area contributed by atoms with Crippen LogP contribution in [0.2, 0.25) is 0 Å². The first-order chi connectivity index (χ1) is 11.5. The minimum atomic E-state index is -0.687. The van der Waals surface area contributed by atoms with Gasteiger partial charge in [-0.1, -0.05) is 6.07 Å². The Bertz CT molecular complexity index is 1050. The fourth-order valence-electron chi connectivity index (χ4n) is 2.55. The normalized spacial score (nSPS) is 12.5. The van der Waals surface area contributed by atoms with Gasteiger partial charge in [0.1, 0.15) is 22.5 Å². The molecule has 2 aromatic carbocycles. The molecule has 0 bridgehead atoms. The van der Waals surface area contributed by atoms with Crippen LogP contribution in [-0.2, 0) is 0 Å². The van der Waals surface area contributed by atoms with Gasteiger partial charge in [0, 0.05) is 12.1 Å². The summed E-state index contributed by atoms with van der Waals surface area (Å²) in [7, 11) is 0. The molecule has 0 saturated carbocycles. The number of carbonyl (C=O) groups excluding carboxylic acids is 1. The molecule has 2 N–H and O–H groups in total. The van der Waals surface area contributed by atoms with E-state index in [2.05, 4.69) is 0 Å². The second-order valence-corrected chi connectivity index (χ2v) is 5.18. The van der Waals surface area contributed by atoms with Crippen LogP contribution in [0.4, 0.5) is 0 Å². The largest absolute Gasteiger partial charge is 0.507 e. The van der Waals surface area contributed by atoms with Crippen LogP contribution < -0.4 is 14.9 Å². The Morgan fingerprint density at radius 1 is 1.00 bits per heavy atom. The van der Waals surface area contributed by atoms with E-state index < -0.39 is 11.2 Å². The lowest BCUT2D eigenvalue weighted by Gasteiger charge is -2.06. The first-order valence-corrected chi connectivity index (χ1v) is 6.98. The molecular weight excluding hydrogens is 316 g/mol. The number of phenols is 2. The molecule has 7 heteroatoms. The van der Waals surface area contributed by atoms with Crippen LogP contribution in [-0.4, -0.2) is 22.8 Å². The molecule has 24 heavy (non-hydrogen) atoms. The number of carbonyl (C=O) groups is 1. The fraction of sp³-hybridized carbons (Fsp3) is 0.0588. The van der Waals surface area contributed by atoms with E-state index in [1.807, 2.05) is 0 Å². The molecule has 0 saturated heterocycles. The van der Waals surface area contributed by atoms with Crippen molar-refractivity contribution in [3.8, 4) is 23.0 Å². The van der Waals surface area contributed by atoms with Gasteiger partial charge in [-0.3, -0.25) is 9.59 Å². The van der Waals surface area contributed by atoms with E-state index in [9.17, 15) is 19.8 Å². The van der Waals surface area contributed by atoms with Crippen LogP contribution in [0.1, 0.15) is 16.1 Å². The number of ether oxygens (including phenoxy) is 2. The van der Waals surface area contributed by atoms with Crippen LogP contribution in [0.5, 0.6) is 23.0 Å². The van der Waals surface area contributed by atoms with Crippen LogP contribution in [0.3, 0.4) is 0 Å². The Balaban J connectivity index is 1.86. The van der Waals surface area contributed by atoms with Crippen LogP contribution in [0.15, 0.2) is 45.6 Å². The van der Waals surface area contributed by atoms with Crippen molar-refractivity contribution in [2.45, 2.75) is 0 Å². The van der Waals surface area contributed by atoms with Gasteiger partial charge < -0.3 is 24.1 Å². The van der Waals surface area contributed by atoms with E-state index >= 15 is 0 Å². The summed E-state index contributed by atoms with van der Waals surface area (Å²) < 4.78 is 15.7. The number of phenolic OH excluding ortho intramolecular Hbond substituents is 2. The highest BCUT2D eigenvalue weighted by molar-refractivity contribution is 6.10. The molecule has 1 aliphatic rings. The molecule has 0 radical (unpaired) electrons. The topological polar surface area (TPSA) is 106 Å². The van der Waals surface area contributed by atoms with E-state index in [1.54, 1.807) is 0 Å². The van der Waals surface area contributed by atoms with E-state index in [0.717, 1.165) is 6.07 Å². The minimum absolute atomic E-state index is 0.00322. The third-order valence-electron chi connectivity index (χ3n) is 3.69. The number of rotatable bonds is 2. The van der Waals surface area contributed by atoms with Crippen molar-refractivity contribution in [3.05, 3.63) is 57.9 Å². The predicted octanol–water partition coefficient (Wildman–Crippen LogP) is 2.16. The van der Waals surface area contributed by atoms with Crippen molar-refractivity contribution in [1.82, 2.24) is 0 Å². The maximum absolute atomic E-state index is 12.6. The molecule has 0 spiro atoms. The van der Waals surface area contributed by atoms with Crippen molar-refractivity contribution in [1.29, 1.82) is 0 Å². The maximum Gasteiger partial charge on any atom is 0.232 e. The van der Waals surface area contributed by atoms with Gasteiger partial charge in [-0.05, 0) is 18.2 Å². The summed E-state index contributed by atoms with van der Waals surface area (Å²) in [5, 5.41) is 19.7. The van der Waals surface area contributed by atoms with Crippen molar-refractivity contribution < 1.29 is 28.9 Å². The monoisotopic (exact) mass is 326 g/mol. The smallest absolute Gasteiger partial charge is 0.232 e. The number of ketones is 1. The highest BCUT2D eigenvalue weighted by Crippen LogP contribution is 2.38. The van der Waals surface area contributed by atoms with Gasteiger partial charge in [-0.15, -0.1) is 0 Å². The van der Waals surface area contributed by atoms with Crippen LogP contribution in [0, 0.1) is 0 Å². The lowest BCUT2D eigenvalue weighted by molar-refractivity contribution is 0.101. The van der Waals surface area contributed by atoms with Crippen LogP contribution >= 0.6 is 0 Å². The highest BCUT2D eigenvalue weighted by atomic mass is 16.7. The Morgan fingerprint density at radius 2 is 1.75 bits per heavy atom. The zero-order valence-corrected chi connectivity index (χ0v) is 12.1. The van der Waals surface area contributed by atoms with Gasteiger partial charge in [-0.25, -0.2) is 0 Å². The lowest BCUT2D eigenvalue weighted by Crippen LogP contribution is -2.08. The molecule has 7 nitrogen and oxygen atoms in total.